The molecule has 144 valence electrons. The van der Waals surface area contributed by atoms with Crippen molar-refractivity contribution in [2.24, 2.45) is 5.73 Å². The maximum absolute atomic E-state index is 12.8. The van der Waals surface area contributed by atoms with Gasteiger partial charge in [0.05, 0.1) is 6.61 Å². The number of amides is 2. The van der Waals surface area contributed by atoms with Gasteiger partial charge >= 0.3 is 22.4 Å². The van der Waals surface area contributed by atoms with E-state index < -0.39 is 27.9 Å². The topological polar surface area (TPSA) is 119 Å². The molecule has 10 heteroatoms. The summed E-state index contributed by atoms with van der Waals surface area (Å²) in [7, 11) is -4.46. The first-order chi connectivity index (χ1) is 12.2. The second-order valence-corrected chi connectivity index (χ2v) is 8.03. The van der Waals surface area contributed by atoms with Crippen LogP contribution < -0.4 is 5.73 Å². The molecule has 1 aromatic carbocycles. The van der Waals surface area contributed by atoms with Gasteiger partial charge in [-0.3, -0.25) is 0 Å². The predicted octanol–water partition coefficient (Wildman–Crippen LogP) is 1.45. The van der Waals surface area contributed by atoms with Crippen LogP contribution in [-0.4, -0.2) is 54.5 Å². The van der Waals surface area contributed by atoms with Crippen molar-refractivity contribution in [3.05, 3.63) is 35.9 Å². The Morgan fingerprint density at radius 3 is 2.38 bits per heavy atom. The number of rotatable bonds is 5. The molecule has 2 rings (SSSR count). The van der Waals surface area contributed by atoms with Crippen LogP contribution in [0.5, 0.6) is 0 Å². The molecular weight excluding hydrogens is 362 g/mol. The highest BCUT2D eigenvalue weighted by Crippen LogP contribution is 2.24. The Bertz CT molecular complexity index is 751. The lowest BCUT2D eigenvalue weighted by Gasteiger charge is -2.25. The minimum absolute atomic E-state index is 0.0147. The predicted molar refractivity (Wildman–Crippen MR) is 93.2 cm³/mol. The fourth-order valence-electron chi connectivity index (χ4n) is 2.48. The molecule has 0 radical (unpaired) electrons. The smallest absolute Gasteiger partial charge is 0.435 e. The molecule has 1 aromatic rings. The fraction of sp³-hybridized carbons (Fsp3) is 0.500. The van der Waals surface area contributed by atoms with E-state index in [2.05, 4.69) is 0 Å². The summed E-state index contributed by atoms with van der Waals surface area (Å²) >= 11 is 0. The van der Waals surface area contributed by atoms with Crippen LogP contribution in [0.1, 0.15) is 25.8 Å². The van der Waals surface area contributed by atoms with Crippen molar-refractivity contribution in [1.29, 1.82) is 0 Å². The van der Waals surface area contributed by atoms with E-state index in [1.54, 1.807) is 37.3 Å². The minimum Gasteiger partial charge on any atom is -0.449 e. The number of imide groups is 1. The average Bonchev–Trinajstić information content (AvgIpc) is 2.95. The molecule has 0 aromatic heterocycles. The Kier molecular flexibility index (Phi) is 6.21. The average molecular weight is 385 g/mol. The summed E-state index contributed by atoms with van der Waals surface area (Å²) < 4.78 is 36.3. The molecule has 1 saturated heterocycles. The van der Waals surface area contributed by atoms with Crippen LogP contribution in [0.25, 0.3) is 0 Å². The number of hydrogen-bond acceptors (Lipinski definition) is 7. The molecule has 0 bridgehead atoms. The maximum Gasteiger partial charge on any atom is 0.435 e. The van der Waals surface area contributed by atoms with E-state index in [0.717, 1.165) is 4.31 Å². The van der Waals surface area contributed by atoms with Gasteiger partial charge in [0.1, 0.15) is 6.61 Å². The molecule has 1 fully saturated rings. The molecule has 2 amide bonds. The fourth-order valence-corrected chi connectivity index (χ4v) is 3.97. The second-order valence-electron chi connectivity index (χ2n) is 6.25. The molecule has 0 spiro atoms. The van der Waals surface area contributed by atoms with Crippen LogP contribution >= 0.6 is 0 Å². The van der Waals surface area contributed by atoms with Gasteiger partial charge in [0.15, 0.2) is 0 Å². The third-order valence-corrected chi connectivity index (χ3v) is 5.56. The van der Waals surface area contributed by atoms with Gasteiger partial charge in [-0.1, -0.05) is 34.6 Å². The molecule has 0 aliphatic carbocycles. The number of hydrogen-bond donors (Lipinski definition) is 1. The Labute approximate surface area is 152 Å². The second kappa shape index (κ2) is 8.02. The first kappa shape index (κ1) is 20.1. The number of carbonyl (C=O) groups excluding carboxylic acids is 2. The van der Waals surface area contributed by atoms with Crippen molar-refractivity contribution in [2.45, 2.75) is 32.4 Å². The monoisotopic (exact) mass is 385 g/mol. The first-order valence-electron chi connectivity index (χ1n) is 8.14. The summed E-state index contributed by atoms with van der Waals surface area (Å²) in [4.78, 5) is 24.5. The van der Waals surface area contributed by atoms with E-state index in [4.69, 9.17) is 15.2 Å². The summed E-state index contributed by atoms with van der Waals surface area (Å²) in [6, 6.07) is 8.69. The van der Waals surface area contributed by atoms with Crippen LogP contribution in [-0.2, 0) is 26.3 Å². The zero-order chi connectivity index (χ0) is 19.4. The van der Waals surface area contributed by atoms with Crippen LogP contribution in [0.2, 0.25) is 0 Å². The summed E-state index contributed by atoms with van der Waals surface area (Å²) in [5.41, 5.74) is 5.87. The van der Waals surface area contributed by atoms with Gasteiger partial charge in [0.25, 0.3) is 0 Å². The lowest BCUT2D eigenvalue weighted by atomic mass is 10.0. The van der Waals surface area contributed by atoms with Crippen LogP contribution in [0.15, 0.2) is 30.3 Å². The van der Waals surface area contributed by atoms with Gasteiger partial charge in [-0.25, -0.2) is 9.59 Å². The Morgan fingerprint density at radius 1 is 1.23 bits per heavy atom. The third-order valence-electron chi connectivity index (χ3n) is 3.83. The van der Waals surface area contributed by atoms with Gasteiger partial charge in [0.2, 0.25) is 0 Å². The van der Waals surface area contributed by atoms with Crippen molar-refractivity contribution < 1.29 is 27.5 Å². The molecule has 1 atom stereocenters. The highest BCUT2D eigenvalue weighted by molar-refractivity contribution is 7.87. The van der Waals surface area contributed by atoms with E-state index in [1.807, 2.05) is 0 Å². The largest absolute Gasteiger partial charge is 0.449 e. The van der Waals surface area contributed by atoms with Crippen molar-refractivity contribution in [1.82, 2.24) is 8.61 Å². The number of carbonyl (C=O) groups is 2. The molecule has 26 heavy (non-hydrogen) atoms. The van der Waals surface area contributed by atoms with Gasteiger partial charge in [-0.2, -0.15) is 12.7 Å². The van der Waals surface area contributed by atoms with Crippen molar-refractivity contribution in [3.8, 4) is 0 Å². The Hall–Kier alpha value is -2.17. The third kappa shape index (κ3) is 4.71. The molecule has 2 N–H and O–H groups in total. The number of ether oxygens (including phenoxy) is 2. The normalized spacial score (nSPS) is 20.6. The van der Waals surface area contributed by atoms with Crippen molar-refractivity contribution >= 4 is 22.4 Å². The summed E-state index contributed by atoms with van der Waals surface area (Å²) in [6.45, 7) is 3.01. The maximum atomic E-state index is 12.8. The Morgan fingerprint density at radius 2 is 1.85 bits per heavy atom. The zero-order valence-corrected chi connectivity index (χ0v) is 15.6. The van der Waals surface area contributed by atoms with Crippen molar-refractivity contribution in [3.63, 3.8) is 0 Å². The molecule has 1 unspecified atom stereocenters. The summed E-state index contributed by atoms with van der Waals surface area (Å²) in [6.07, 6.45) is -2.23. The standard InChI is InChI=1S/C16H23N3O6S/c1-3-24-14(20)19(15(21)25-11-13-7-5-4-6-8-13)26(22,23)18-10-9-16(2,17)12-18/h4-8H,3,9-12,17H2,1-2H3. The lowest BCUT2D eigenvalue weighted by Crippen LogP contribution is -2.51. The van der Waals surface area contributed by atoms with E-state index in [0.29, 0.717) is 12.0 Å². The molecule has 9 nitrogen and oxygen atoms in total. The summed E-state index contributed by atoms with van der Waals surface area (Å²) in [5, 5.41) is 0. The van der Waals surface area contributed by atoms with Crippen molar-refractivity contribution in [2.75, 3.05) is 19.7 Å². The zero-order valence-electron chi connectivity index (χ0n) is 14.8. The molecule has 1 heterocycles. The highest BCUT2D eigenvalue weighted by Gasteiger charge is 2.45. The van der Waals surface area contributed by atoms with E-state index in [1.165, 1.54) is 6.92 Å². The minimum atomic E-state index is -4.46. The van der Waals surface area contributed by atoms with E-state index in [-0.39, 0.29) is 30.6 Å². The van der Waals surface area contributed by atoms with Crippen LogP contribution in [0.3, 0.4) is 0 Å². The lowest BCUT2D eigenvalue weighted by molar-refractivity contribution is 0.0963. The number of nitrogens with two attached hydrogens (primary N) is 1. The van der Waals surface area contributed by atoms with Gasteiger partial charge in [0, 0.05) is 18.6 Å². The van der Waals surface area contributed by atoms with E-state index >= 15 is 0 Å². The molecule has 1 aliphatic heterocycles. The summed E-state index contributed by atoms with van der Waals surface area (Å²) in [5.74, 6) is 0. The SMILES string of the molecule is CCOC(=O)N(C(=O)OCc1ccccc1)S(=O)(=O)N1CCC(C)(N)C1. The van der Waals surface area contributed by atoms with Crippen LogP contribution in [0, 0.1) is 0 Å². The Balaban J connectivity index is 2.19. The number of nitrogens with zero attached hydrogens (tertiary/aromatic N) is 2. The van der Waals surface area contributed by atoms with Gasteiger partial charge in [-0.05, 0) is 25.8 Å². The molecule has 1 aliphatic rings. The number of benzene rings is 1. The van der Waals surface area contributed by atoms with Crippen LogP contribution in [0.4, 0.5) is 9.59 Å². The van der Waals surface area contributed by atoms with E-state index in [9.17, 15) is 18.0 Å². The highest BCUT2D eigenvalue weighted by atomic mass is 32.2. The first-order valence-corrected chi connectivity index (χ1v) is 9.54. The van der Waals surface area contributed by atoms with Gasteiger partial charge < -0.3 is 15.2 Å². The molecule has 0 saturated carbocycles. The quantitative estimate of drug-likeness (QED) is 0.814. The molecular formula is C16H23N3O6S. The van der Waals surface area contributed by atoms with Gasteiger partial charge in [-0.15, -0.1) is 0 Å².